The van der Waals surface area contributed by atoms with Crippen LogP contribution in [0.5, 0.6) is 0 Å². The van der Waals surface area contributed by atoms with Crippen LogP contribution in [-0.4, -0.2) is 23.6 Å². The lowest BCUT2D eigenvalue weighted by molar-refractivity contribution is 0.315. The number of nitrogens with two attached hydrogens (primary N) is 1. The maximum atomic E-state index is 8.91. The molecule has 0 heterocycles. The van der Waals surface area contributed by atoms with Crippen molar-refractivity contribution >= 4 is 5.84 Å². The number of rotatable bonds is 8. The summed E-state index contributed by atoms with van der Waals surface area (Å²) in [6.07, 6.45) is 3.57. The van der Waals surface area contributed by atoms with E-state index in [0.29, 0.717) is 12.6 Å². The lowest BCUT2D eigenvalue weighted by Crippen LogP contribution is -2.36. The van der Waals surface area contributed by atoms with E-state index in [2.05, 4.69) is 24.3 Å². The lowest BCUT2D eigenvalue weighted by Gasteiger charge is -2.20. The zero-order chi connectivity index (χ0) is 14.1. The van der Waals surface area contributed by atoms with E-state index >= 15 is 0 Å². The van der Waals surface area contributed by atoms with E-state index in [0.717, 1.165) is 12.0 Å². The molecule has 4 N–H and O–H groups in total. The van der Waals surface area contributed by atoms with Gasteiger partial charge in [0.2, 0.25) is 0 Å². The van der Waals surface area contributed by atoms with Gasteiger partial charge in [-0.25, -0.2) is 0 Å². The third kappa shape index (κ3) is 5.30. The molecular weight excluding hydrogens is 238 g/mol. The van der Waals surface area contributed by atoms with Gasteiger partial charge in [-0.2, -0.15) is 0 Å². The van der Waals surface area contributed by atoms with Crippen molar-refractivity contribution in [3.05, 3.63) is 35.9 Å². The first kappa shape index (κ1) is 15.5. The molecule has 0 bridgehead atoms. The average molecular weight is 263 g/mol. The van der Waals surface area contributed by atoms with Crippen LogP contribution in [0.25, 0.3) is 0 Å². The first-order chi connectivity index (χ1) is 9.19. The third-order valence-electron chi connectivity index (χ3n) is 3.34. The van der Waals surface area contributed by atoms with Crippen LogP contribution in [0.3, 0.4) is 0 Å². The highest BCUT2D eigenvalue weighted by atomic mass is 16.4. The summed E-state index contributed by atoms with van der Waals surface area (Å²) in [5.74, 6) is 0.164. The second-order valence-electron chi connectivity index (χ2n) is 4.94. The first-order valence-corrected chi connectivity index (χ1v) is 6.94. The predicted octanol–water partition coefficient (Wildman–Crippen LogP) is 2.68. The van der Waals surface area contributed by atoms with Crippen LogP contribution in [0.4, 0.5) is 0 Å². The minimum Gasteiger partial charge on any atom is -0.409 e. The summed E-state index contributed by atoms with van der Waals surface area (Å²) in [7, 11) is 0. The van der Waals surface area contributed by atoms with Crippen molar-refractivity contribution in [2.24, 2.45) is 10.9 Å². The van der Waals surface area contributed by atoms with Gasteiger partial charge in [-0.3, -0.25) is 0 Å². The van der Waals surface area contributed by atoms with Crippen molar-refractivity contribution in [2.45, 2.75) is 45.1 Å². The van der Waals surface area contributed by atoms with Crippen LogP contribution in [0.2, 0.25) is 0 Å². The quantitative estimate of drug-likeness (QED) is 0.292. The summed E-state index contributed by atoms with van der Waals surface area (Å²) in [4.78, 5) is 0. The molecule has 4 heteroatoms. The molecule has 1 rings (SSSR count). The zero-order valence-electron chi connectivity index (χ0n) is 11.8. The topological polar surface area (TPSA) is 70.6 Å². The van der Waals surface area contributed by atoms with Gasteiger partial charge < -0.3 is 16.3 Å². The Morgan fingerprint density at radius 3 is 2.63 bits per heavy atom. The highest BCUT2D eigenvalue weighted by Crippen LogP contribution is 2.15. The summed E-state index contributed by atoms with van der Waals surface area (Å²) in [5, 5.41) is 15.5. The molecule has 0 saturated carbocycles. The number of oxime groups is 1. The third-order valence-corrected chi connectivity index (χ3v) is 3.34. The Morgan fingerprint density at radius 1 is 1.37 bits per heavy atom. The standard InChI is InChI=1S/C15H25N3O/c1-3-4-8-12(2)17-11-14(15(16)18-19)13-9-6-5-7-10-13/h5-7,9-10,12,14,17,19H,3-4,8,11H2,1-2H3,(H2,16,18). The van der Waals surface area contributed by atoms with Gasteiger partial charge in [-0.15, -0.1) is 0 Å². The number of nitrogens with zero attached hydrogens (tertiary/aromatic N) is 1. The van der Waals surface area contributed by atoms with E-state index in [9.17, 15) is 0 Å². The Morgan fingerprint density at radius 2 is 2.05 bits per heavy atom. The van der Waals surface area contributed by atoms with Crippen molar-refractivity contribution in [3.63, 3.8) is 0 Å². The Balaban J connectivity index is 2.62. The number of benzene rings is 1. The average Bonchev–Trinajstić information content (AvgIpc) is 2.46. The van der Waals surface area contributed by atoms with Crippen LogP contribution >= 0.6 is 0 Å². The molecule has 0 saturated heterocycles. The van der Waals surface area contributed by atoms with E-state index in [1.807, 2.05) is 30.3 Å². The summed E-state index contributed by atoms with van der Waals surface area (Å²) in [6, 6.07) is 10.3. The van der Waals surface area contributed by atoms with Crippen molar-refractivity contribution in [1.29, 1.82) is 0 Å². The fourth-order valence-electron chi connectivity index (χ4n) is 2.08. The van der Waals surface area contributed by atoms with E-state index in [1.54, 1.807) is 0 Å². The van der Waals surface area contributed by atoms with E-state index in [1.165, 1.54) is 12.8 Å². The van der Waals surface area contributed by atoms with Gasteiger partial charge in [0.05, 0.1) is 5.92 Å². The monoisotopic (exact) mass is 263 g/mol. The van der Waals surface area contributed by atoms with Crippen molar-refractivity contribution in [3.8, 4) is 0 Å². The van der Waals surface area contributed by atoms with Gasteiger partial charge in [-0.1, -0.05) is 55.3 Å². The summed E-state index contributed by atoms with van der Waals surface area (Å²) < 4.78 is 0. The Labute approximate surface area is 115 Å². The smallest absolute Gasteiger partial charge is 0.147 e. The Kier molecular flexibility index (Phi) is 6.97. The molecule has 4 nitrogen and oxygen atoms in total. The molecule has 19 heavy (non-hydrogen) atoms. The second-order valence-corrected chi connectivity index (χ2v) is 4.94. The molecule has 0 aliphatic carbocycles. The number of hydrogen-bond acceptors (Lipinski definition) is 3. The molecule has 0 aromatic heterocycles. The minimum absolute atomic E-state index is 0.0877. The summed E-state index contributed by atoms with van der Waals surface area (Å²) in [5.41, 5.74) is 6.86. The van der Waals surface area contributed by atoms with Gasteiger partial charge in [0.25, 0.3) is 0 Å². The van der Waals surface area contributed by atoms with Crippen LogP contribution in [-0.2, 0) is 0 Å². The van der Waals surface area contributed by atoms with Gasteiger partial charge in [-0.05, 0) is 18.9 Å². The normalized spacial score (nSPS) is 15.2. The van der Waals surface area contributed by atoms with Crippen LogP contribution in [0.1, 0.15) is 44.6 Å². The molecule has 106 valence electrons. The van der Waals surface area contributed by atoms with Gasteiger partial charge in [0, 0.05) is 12.6 Å². The lowest BCUT2D eigenvalue weighted by atomic mass is 9.97. The van der Waals surface area contributed by atoms with E-state index in [4.69, 9.17) is 10.9 Å². The molecule has 0 amide bonds. The number of hydrogen-bond donors (Lipinski definition) is 3. The maximum Gasteiger partial charge on any atom is 0.147 e. The Hall–Kier alpha value is -1.55. The molecule has 2 unspecified atom stereocenters. The molecule has 0 aliphatic rings. The molecule has 1 aromatic carbocycles. The first-order valence-electron chi connectivity index (χ1n) is 6.94. The molecule has 2 atom stereocenters. The number of nitrogens with one attached hydrogen (secondary N) is 1. The number of unbranched alkanes of at least 4 members (excludes halogenated alkanes) is 1. The molecule has 0 spiro atoms. The van der Waals surface area contributed by atoms with Gasteiger partial charge in [0.15, 0.2) is 0 Å². The number of amidine groups is 1. The largest absolute Gasteiger partial charge is 0.409 e. The van der Waals surface area contributed by atoms with E-state index in [-0.39, 0.29) is 11.8 Å². The van der Waals surface area contributed by atoms with Crippen LogP contribution in [0.15, 0.2) is 35.5 Å². The van der Waals surface area contributed by atoms with Gasteiger partial charge in [0.1, 0.15) is 5.84 Å². The van der Waals surface area contributed by atoms with E-state index < -0.39 is 0 Å². The van der Waals surface area contributed by atoms with Crippen molar-refractivity contribution in [1.82, 2.24) is 5.32 Å². The second kappa shape index (κ2) is 8.53. The van der Waals surface area contributed by atoms with Crippen molar-refractivity contribution in [2.75, 3.05) is 6.54 Å². The minimum atomic E-state index is -0.0877. The summed E-state index contributed by atoms with van der Waals surface area (Å²) in [6.45, 7) is 5.05. The maximum absolute atomic E-state index is 8.91. The van der Waals surface area contributed by atoms with Gasteiger partial charge >= 0.3 is 0 Å². The zero-order valence-corrected chi connectivity index (χ0v) is 11.8. The molecule has 0 radical (unpaired) electrons. The highest BCUT2D eigenvalue weighted by Gasteiger charge is 2.17. The summed E-state index contributed by atoms with van der Waals surface area (Å²) >= 11 is 0. The fourth-order valence-corrected chi connectivity index (χ4v) is 2.08. The van der Waals surface area contributed by atoms with Crippen LogP contribution < -0.4 is 11.1 Å². The molecule has 1 aromatic rings. The Bertz CT molecular complexity index is 378. The highest BCUT2D eigenvalue weighted by molar-refractivity contribution is 5.87. The molecule has 0 aliphatic heterocycles. The fraction of sp³-hybridized carbons (Fsp3) is 0.533. The van der Waals surface area contributed by atoms with Crippen molar-refractivity contribution < 1.29 is 5.21 Å². The van der Waals surface area contributed by atoms with Crippen LogP contribution in [0, 0.1) is 0 Å². The predicted molar refractivity (Wildman–Crippen MR) is 79.6 cm³/mol. The molecular formula is C15H25N3O. The molecule has 0 fully saturated rings. The SMILES string of the molecule is CCCCC(C)NCC(C(N)=NO)c1ccccc1.